The minimum atomic E-state index is 0.0268. The molecule has 0 unspecified atom stereocenters. The van der Waals surface area contributed by atoms with Gasteiger partial charge in [-0.2, -0.15) is 0 Å². The first kappa shape index (κ1) is 8.47. The van der Waals surface area contributed by atoms with E-state index in [4.69, 9.17) is 4.18 Å². The van der Waals surface area contributed by atoms with E-state index in [1.165, 1.54) is 5.56 Å². The van der Waals surface area contributed by atoms with Crippen molar-refractivity contribution in [2.24, 2.45) is 0 Å². The molecule has 2 heteroatoms. The monoisotopic (exact) mass is 169 g/mol. The highest BCUT2D eigenvalue weighted by Gasteiger charge is 2.04. The molecule has 0 spiro atoms. The minimum absolute atomic E-state index is 0.0268. The van der Waals surface area contributed by atoms with Crippen LogP contribution in [0.1, 0.15) is 5.56 Å². The predicted molar refractivity (Wildman–Crippen MR) is 51.0 cm³/mol. The zero-order valence-corrected chi connectivity index (χ0v) is 7.94. The Labute approximate surface area is 70.9 Å². The standard InChI is InChI=1S/C9H13OS/c1-8-4-6-9(7-5-8)10-11(2)3/h4-7H,1-3H3/q+1. The molecule has 1 rings (SSSR count). The Hall–Kier alpha value is -0.630. The van der Waals surface area contributed by atoms with Gasteiger partial charge in [-0.15, -0.1) is 0 Å². The van der Waals surface area contributed by atoms with Crippen LogP contribution in [0.25, 0.3) is 0 Å². The molecular formula is C9H13OS+. The summed E-state index contributed by atoms with van der Waals surface area (Å²) in [4.78, 5) is 0. The molecule has 1 aromatic carbocycles. The molecule has 0 aliphatic rings. The van der Waals surface area contributed by atoms with Crippen molar-refractivity contribution in [3.63, 3.8) is 0 Å². The van der Waals surface area contributed by atoms with Gasteiger partial charge < -0.3 is 0 Å². The van der Waals surface area contributed by atoms with Crippen LogP contribution in [0.4, 0.5) is 0 Å². The maximum absolute atomic E-state index is 5.50. The normalized spacial score (nSPS) is 10.2. The molecule has 0 aromatic heterocycles. The van der Waals surface area contributed by atoms with Crippen molar-refractivity contribution in [2.75, 3.05) is 12.5 Å². The lowest BCUT2D eigenvalue weighted by Crippen LogP contribution is -2.03. The summed E-state index contributed by atoms with van der Waals surface area (Å²) in [6, 6.07) is 8.12. The molecule has 0 aliphatic heterocycles. The highest BCUT2D eigenvalue weighted by atomic mass is 32.2. The van der Waals surface area contributed by atoms with E-state index >= 15 is 0 Å². The summed E-state index contributed by atoms with van der Waals surface area (Å²) in [5.41, 5.74) is 1.27. The Morgan fingerprint density at radius 2 is 1.64 bits per heavy atom. The summed E-state index contributed by atoms with van der Waals surface area (Å²) in [5, 5.41) is 0. The topological polar surface area (TPSA) is 9.23 Å². The van der Waals surface area contributed by atoms with Crippen molar-refractivity contribution in [3.05, 3.63) is 29.8 Å². The molecule has 0 amide bonds. The van der Waals surface area contributed by atoms with Crippen LogP contribution in [0.3, 0.4) is 0 Å². The highest BCUT2D eigenvalue weighted by Crippen LogP contribution is 2.12. The van der Waals surface area contributed by atoms with Crippen molar-refractivity contribution in [1.82, 2.24) is 0 Å². The van der Waals surface area contributed by atoms with Crippen molar-refractivity contribution in [3.8, 4) is 5.75 Å². The Bertz CT molecular complexity index is 216. The number of aryl methyl sites for hydroxylation is 1. The fourth-order valence-corrected chi connectivity index (χ4v) is 1.28. The van der Waals surface area contributed by atoms with E-state index in [-0.39, 0.29) is 11.2 Å². The molecule has 0 bridgehead atoms. The van der Waals surface area contributed by atoms with Gasteiger partial charge in [0.25, 0.3) is 0 Å². The van der Waals surface area contributed by atoms with Crippen LogP contribution in [0.15, 0.2) is 24.3 Å². The third-order valence-electron chi connectivity index (χ3n) is 1.28. The van der Waals surface area contributed by atoms with Crippen LogP contribution >= 0.6 is 0 Å². The van der Waals surface area contributed by atoms with Gasteiger partial charge in [0.1, 0.15) is 12.5 Å². The third-order valence-corrected chi connectivity index (χ3v) is 1.81. The van der Waals surface area contributed by atoms with Gasteiger partial charge in [0.2, 0.25) is 0 Å². The maximum Gasteiger partial charge on any atom is 0.191 e. The third kappa shape index (κ3) is 2.85. The van der Waals surface area contributed by atoms with Crippen molar-refractivity contribution in [1.29, 1.82) is 0 Å². The Kier molecular flexibility index (Phi) is 2.83. The first-order valence-corrected chi connectivity index (χ1v) is 5.47. The van der Waals surface area contributed by atoms with E-state index in [1.54, 1.807) is 0 Å². The lowest BCUT2D eigenvalue weighted by molar-refractivity contribution is 0.635. The van der Waals surface area contributed by atoms with Gasteiger partial charge in [-0.05, 0) is 19.1 Å². The van der Waals surface area contributed by atoms with Gasteiger partial charge in [-0.1, -0.05) is 17.7 Å². The lowest BCUT2D eigenvalue weighted by atomic mass is 10.2. The van der Waals surface area contributed by atoms with Gasteiger partial charge in [0.05, 0.1) is 0 Å². The first-order chi connectivity index (χ1) is 5.18. The summed E-state index contributed by atoms with van der Waals surface area (Å²) in [5.74, 6) is 0.962. The first-order valence-electron chi connectivity index (χ1n) is 3.51. The van der Waals surface area contributed by atoms with E-state index in [0.717, 1.165) is 5.75 Å². The van der Waals surface area contributed by atoms with E-state index in [1.807, 2.05) is 12.1 Å². The quantitative estimate of drug-likeness (QED) is 0.616. The van der Waals surface area contributed by atoms with Crippen LogP contribution in [-0.2, 0) is 11.2 Å². The second kappa shape index (κ2) is 3.67. The molecule has 0 heterocycles. The van der Waals surface area contributed by atoms with Gasteiger partial charge in [-0.3, -0.25) is 4.18 Å². The number of benzene rings is 1. The average Bonchev–Trinajstić information content (AvgIpc) is 1.93. The van der Waals surface area contributed by atoms with Gasteiger partial charge in [-0.25, -0.2) is 0 Å². The molecule has 0 N–H and O–H groups in total. The maximum atomic E-state index is 5.50. The van der Waals surface area contributed by atoms with Crippen LogP contribution in [0.5, 0.6) is 5.75 Å². The van der Waals surface area contributed by atoms with Crippen molar-refractivity contribution in [2.45, 2.75) is 6.92 Å². The molecule has 1 nitrogen and oxygen atoms in total. The smallest absolute Gasteiger partial charge is 0.191 e. The number of rotatable bonds is 2. The van der Waals surface area contributed by atoms with Gasteiger partial charge in [0.15, 0.2) is 16.9 Å². The van der Waals surface area contributed by atoms with Crippen LogP contribution in [0, 0.1) is 6.92 Å². The summed E-state index contributed by atoms with van der Waals surface area (Å²) in [6.45, 7) is 2.07. The van der Waals surface area contributed by atoms with E-state index in [2.05, 4.69) is 31.6 Å². The Balaban J connectivity index is 2.66. The summed E-state index contributed by atoms with van der Waals surface area (Å²) in [7, 11) is 0. The summed E-state index contributed by atoms with van der Waals surface area (Å²) in [6.07, 6.45) is 4.11. The van der Waals surface area contributed by atoms with Gasteiger partial charge in [0, 0.05) is 0 Å². The van der Waals surface area contributed by atoms with E-state index < -0.39 is 0 Å². The van der Waals surface area contributed by atoms with Gasteiger partial charge >= 0.3 is 0 Å². The number of hydrogen-bond acceptors (Lipinski definition) is 1. The molecule has 1 aromatic rings. The molecular weight excluding hydrogens is 156 g/mol. The molecule has 0 fully saturated rings. The van der Waals surface area contributed by atoms with E-state index in [0.29, 0.717) is 0 Å². The molecule has 0 radical (unpaired) electrons. The van der Waals surface area contributed by atoms with Crippen molar-refractivity contribution < 1.29 is 4.18 Å². The largest absolute Gasteiger partial charge is 0.287 e. The van der Waals surface area contributed by atoms with Crippen LogP contribution < -0.4 is 4.18 Å². The fourth-order valence-electron chi connectivity index (χ4n) is 0.786. The zero-order chi connectivity index (χ0) is 8.27. The molecule has 11 heavy (non-hydrogen) atoms. The number of hydrogen-bond donors (Lipinski definition) is 0. The lowest BCUT2D eigenvalue weighted by Gasteiger charge is -1.98. The Morgan fingerprint density at radius 3 is 2.09 bits per heavy atom. The SMILES string of the molecule is Cc1ccc(O[S+](C)C)cc1. The van der Waals surface area contributed by atoms with Crippen molar-refractivity contribution >= 4 is 11.2 Å². The van der Waals surface area contributed by atoms with Crippen LogP contribution in [-0.4, -0.2) is 12.5 Å². The highest BCUT2D eigenvalue weighted by molar-refractivity contribution is 7.91. The molecule has 0 saturated heterocycles. The fraction of sp³-hybridized carbons (Fsp3) is 0.333. The average molecular weight is 169 g/mol. The molecule has 0 atom stereocenters. The summed E-state index contributed by atoms with van der Waals surface area (Å²) >= 11 is 0.0268. The molecule has 0 aliphatic carbocycles. The molecule has 0 saturated carbocycles. The second-order valence-electron chi connectivity index (χ2n) is 2.64. The van der Waals surface area contributed by atoms with E-state index in [9.17, 15) is 0 Å². The zero-order valence-electron chi connectivity index (χ0n) is 7.13. The second-order valence-corrected chi connectivity index (χ2v) is 4.29. The van der Waals surface area contributed by atoms with Crippen LogP contribution in [0.2, 0.25) is 0 Å². The summed E-state index contributed by atoms with van der Waals surface area (Å²) < 4.78 is 5.50. The Morgan fingerprint density at radius 1 is 1.09 bits per heavy atom. The predicted octanol–water partition coefficient (Wildman–Crippen LogP) is 2.17. The molecule has 60 valence electrons. The minimum Gasteiger partial charge on any atom is -0.287 e.